The van der Waals surface area contributed by atoms with Gasteiger partial charge in [-0.3, -0.25) is 4.79 Å². The van der Waals surface area contributed by atoms with Gasteiger partial charge >= 0.3 is 5.97 Å². The second-order valence-corrected chi connectivity index (χ2v) is 8.09. The molecular weight excluding hydrogens is 328 g/mol. The van der Waals surface area contributed by atoms with Gasteiger partial charge in [-0.2, -0.15) is 0 Å². The third kappa shape index (κ3) is 7.63. The molecule has 150 valence electrons. The van der Waals surface area contributed by atoms with Gasteiger partial charge in [-0.1, -0.05) is 39.0 Å². The van der Waals surface area contributed by atoms with Gasteiger partial charge in [0.1, 0.15) is 0 Å². The van der Waals surface area contributed by atoms with Crippen molar-refractivity contribution < 1.29 is 20.1 Å². The van der Waals surface area contributed by atoms with Gasteiger partial charge < -0.3 is 15.3 Å². The first-order valence-electron chi connectivity index (χ1n) is 10.2. The first-order chi connectivity index (χ1) is 12.3. The molecule has 4 heteroatoms. The number of hydrogen-bond acceptors (Lipinski definition) is 3. The highest BCUT2D eigenvalue weighted by Crippen LogP contribution is 2.42. The largest absolute Gasteiger partial charge is 0.481 e. The van der Waals surface area contributed by atoms with E-state index in [2.05, 4.69) is 25.2 Å². The van der Waals surface area contributed by atoms with Crippen molar-refractivity contribution >= 4 is 5.97 Å². The van der Waals surface area contributed by atoms with Crippen LogP contribution in [0, 0.1) is 23.7 Å². The molecule has 0 aromatic heterocycles. The molecule has 4 nitrogen and oxygen atoms in total. The van der Waals surface area contributed by atoms with Crippen LogP contribution in [0.1, 0.15) is 72.6 Å². The number of aliphatic hydroxyl groups is 2. The predicted molar refractivity (Wildman–Crippen MR) is 106 cm³/mol. The summed E-state index contributed by atoms with van der Waals surface area (Å²) in [6.45, 7) is 7.60. The molecule has 0 saturated heterocycles. The molecular formula is C22H38O4. The number of aliphatic carboxylic acids is 1. The summed E-state index contributed by atoms with van der Waals surface area (Å²) in [7, 11) is 0. The number of aliphatic hydroxyl groups excluding tert-OH is 2. The van der Waals surface area contributed by atoms with Crippen LogP contribution in [0.4, 0.5) is 0 Å². The van der Waals surface area contributed by atoms with Gasteiger partial charge in [0.25, 0.3) is 0 Å². The molecule has 2 aliphatic carbocycles. The number of carboxylic acids is 1. The van der Waals surface area contributed by atoms with E-state index in [1.165, 1.54) is 24.8 Å². The van der Waals surface area contributed by atoms with Gasteiger partial charge in [-0.15, -0.1) is 0 Å². The summed E-state index contributed by atoms with van der Waals surface area (Å²) in [5.41, 5.74) is 1.53. The zero-order valence-electron chi connectivity index (χ0n) is 16.9. The van der Waals surface area contributed by atoms with Crippen molar-refractivity contribution in [3.8, 4) is 0 Å². The van der Waals surface area contributed by atoms with E-state index >= 15 is 0 Å². The van der Waals surface area contributed by atoms with Crippen molar-refractivity contribution in [2.24, 2.45) is 23.7 Å². The molecule has 0 aromatic carbocycles. The number of allylic oxidation sites excluding steroid dienone is 4. The first-order valence-corrected chi connectivity index (χ1v) is 10.2. The van der Waals surface area contributed by atoms with Crippen molar-refractivity contribution in [3.63, 3.8) is 0 Å². The van der Waals surface area contributed by atoms with Crippen LogP contribution in [-0.2, 0) is 4.79 Å². The summed E-state index contributed by atoms with van der Waals surface area (Å²) in [4.78, 5) is 9.93. The average molecular weight is 367 g/mol. The predicted octanol–water partition coefficient (Wildman–Crippen LogP) is 4.56. The molecule has 0 amide bonds. The highest BCUT2D eigenvalue weighted by Gasteiger charge is 2.31. The van der Waals surface area contributed by atoms with Gasteiger partial charge in [0, 0.05) is 0 Å². The summed E-state index contributed by atoms with van der Waals surface area (Å²) in [6, 6.07) is 0. The molecule has 3 N–H and O–H groups in total. The molecule has 0 spiro atoms. The summed E-state index contributed by atoms with van der Waals surface area (Å²) in [5.74, 6) is 1.09. The standard InChI is InChI=1S/C17H28O2.C5H10O2/c1-12-7-8-14-5-3-4-6-17(14)16(12)10-9-15(19)11-13(2)18;1-3-4(2)5(6)7/h5,7-8,12-13,15-19H,3-4,6,9-11H2,1-2H3;4H,3H2,1-2H3,(H,6,7). The van der Waals surface area contributed by atoms with Crippen molar-refractivity contribution in [2.45, 2.75) is 84.8 Å². The highest BCUT2D eigenvalue weighted by molar-refractivity contribution is 5.69. The Morgan fingerprint density at radius 2 is 2.00 bits per heavy atom. The molecule has 0 radical (unpaired) electrons. The Hall–Kier alpha value is -1.13. The minimum absolute atomic E-state index is 0.181. The molecule has 0 aromatic rings. The number of rotatable bonds is 7. The monoisotopic (exact) mass is 366 g/mol. The van der Waals surface area contributed by atoms with E-state index in [9.17, 15) is 15.0 Å². The average Bonchev–Trinajstić information content (AvgIpc) is 2.60. The maximum Gasteiger partial charge on any atom is 0.306 e. The summed E-state index contributed by atoms with van der Waals surface area (Å²) < 4.78 is 0. The zero-order chi connectivity index (χ0) is 19.7. The number of carboxylic acid groups (broad SMARTS) is 1. The lowest BCUT2D eigenvalue weighted by Crippen LogP contribution is -2.28. The Labute approximate surface area is 159 Å². The van der Waals surface area contributed by atoms with E-state index in [0.29, 0.717) is 24.2 Å². The Kier molecular flexibility index (Phi) is 10.2. The Balaban J connectivity index is 0.000000412. The smallest absolute Gasteiger partial charge is 0.306 e. The van der Waals surface area contributed by atoms with Crippen LogP contribution < -0.4 is 0 Å². The van der Waals surface area contributed by atoms with Gasteiger partial charge in [0.05, 0.1) is 18.1 Å². The minimum Gasteiger partial charge on any atom is -0.481 e. The SMILES string of the molecule is CC(O)CC(O)CCC1C(C)C=CC2=CCCCC21.CCC(C)C(=O)O. The molecule has 0 heterocycles. The van der Waals surface area contributed by atoms with Crippen LogP contribution in [0.3, 0.4) is 0 Å². The van der Waals surface area contributed by atoms with Gasteiger partial charge in [-0.25, -0.2) is 0 Å². The maximum atomic E-state index is 9.94. The lowest BCUT2D eigenvalue weighted by atomic mass is 9.68. The van der Waals surface area contributed by atoms with Crippen molar-refractivity contribution in [2.75, 3.05) is 0 Å². The van der Waals surface area contributed by atoms with Crippen LogP contribution in [-0.4, -0.2) is 33.5 Å². The van der Waals surface area contributed by atoms with E-state index in [-0.39, 0.29) is 12.0 Å². The fourth-order valence-corrected chi connectivity index (χ4v) is 3.88. The normalized spacial score (nSPS) is 28.1. The fraction of sp³-hybridized carbons (Fsp3) is 0.773. The number of carbonyl (C=O) groups is 1. The molecule has 2 aliphatic rings. The molecule has 0 aliphatic heterocycles. The lowest BCUT2D eigenvalue weighted by molar-refractivity contribution is -0.141. The lowest BCUT2D eigenvalue weighted by Gasteiger charge is -2.37. The van der Waals surface area contributed by atoms with Crippen LogP contribution >= 0.6 is 0 Å². The van der Waals surface area contributed by atoms with E-state index in [4.69, 9.17) is 5.11 Å². The molecule has 2 rings (SSSR count). The summed E-state index contributed by atoms with van der Waals surface area (Å²) >= 11 is 0. The third-order valence-corrected chi connectivity index (χ3v) is 5.79. The summed E-state index contributed by atoms with van der Waals surface area (Å²) in [5, 5.41) is 27.4. The van der Waals surface area contributed by atoms with Gasteiger partial charge in [-0.05, 0) is 75.2 Å². The third-order valence-electron chi connectivity index (χ3n) is 5.79. The van der Waals surface area contributed by atoms with E-state index < -0.39 is 12.1 Å². The highest BCUT2D eigenvalue weighted by atomic mass is 16.4. The topological polar surface area (TPSA) is 77.8 Å². The van der Waals surface area contributed by atoms with Crippen LogP contribution in [0.25, 0.3) is 0 Å². The Morgan fingerprint density at radius 3 is 2.54 bits per heavy atom. The van der Waals surface area contributed by atoms with Crippen molar-refractivity contribution in [3.05, 3.63) is 23.8 Å². The molecule has 6 atom stereocenters. The molecule has 0 saturated carbocycles. The van der Waals surface area contributed by atoms with E-state index in [1.807, 2.05) is 6.92 Å². The Bertz CT molecular complexity index is 481. The minimum atomic E-state index is -0.706. The molecule has 6 unspecified atom stereocenters. The second-order valence-electron chi connectivity index (χ2n) is 8.09. The molecule has 0 fully saturated rings. The van der Waals surface area contributed by atoms with Crippen molar-refractivity contribution in [1.82, 2.24) is 0 Å². The fourth-order valence-electron chi connectivity index (χ4n) is 3.88. The summed E-state index contributed by atoms with van der Waals surface area (Å²) in [6.07, 6.45) is 13.2. The maximum absolute atomic E-state index is 9.94. The number of fused-ring (bicyclic) bond motifs is 1. The quantitative estimate of drug-likeness (QED) is 0.617. The number of hydrogen-bond donors (Lipinski definition) is 3. The van der Waals surface area contributed by atoms with Crippen molar-refractivity contribution in [1.29, 1.82) is 0 Å². The zero-order valence-corrected chi connectivity index (χ0v) is 16.9. The van der Waals surface area contributed by atoms with E-state index in [1.54, 1.807) is 13.8 Å². The van der Waals surface area contributed by atoms with Crippen LogP contribution in [0.5, 0.6) is 0 Å². The Morgan fingerprint density at radius 1 is 1.31 bits per heavy atom. The molecule has 26 heavy (non-hydrogen) atoms. The van der Waals surface area contributed by atoms with Gasteiger partial charge in [0.15, 0.2) is 0 Å². The molecule has 0 bridgehead atoms. The first kappa shape index (κ1) is 22.9. The van der Waals surface area contributed by atoms with Gasteiger partial charge in [0.2, 0.25) is 0 Å². The van der Waals surface area contributed by atoms with E-state index in [0.717, 1.165) is 19.3 Å². The second kappa shape index (κ2) is 11.6. The van der Waals surface area contributed by atoms with Crippen LogP contribution in [0.2, 0.25) is 0 Å². The van der Waals surface area contributed by atoms with Crippen LogP contribution in [0.15, 0.2) is 23.8 Å².